The molecule has 142 valence electrons. The summed E-state index contributed by atoms with van der Waals surface area (Å²) in [7, 11) is 0. The van der Waals surface area contributed by atoms with Crippen LogP contribution >= 0.6 is 0 Å². The van der Waals surface area contributed by atoms with Crippen LogP contribution in [0.3, 0.4) is 0 Å². The van der Waals surface area contributed by atoms with Crippen molar-refractivity contribution >= 4 is 5.91 Å². The maximum absolute atomic E-state index is 12.8. The third-order valence-corrected chi connectivity index (χ3v) is 5.84. The summed E-state index contributed by atoms with van der Waals surface area (Å²) in [6, 6.07) is 12.5. The summed E-state index contributed by atoms with van der Waals surface area (Å²) < 4.78 is 2.19. The summed E-state index contributed by atoms with van der Waals surface area (Å²) in [6.45, 7) is 2.14. The third kappa shape index (κ3) is 3.44. The standard InChI is InChI=1S/C23H24N4O/c28-22(12-17-7-8-17)27-15-19-5-1-2-6-20(19)21(16-27)23-25-10-11-26(23)14-18-4-3-9-24-13-18/h1-6,9-11,13,17,21H,7-8,12,14-16H2/t21-/m1/s1. The molecule has 0 radical (unpaired) electrons. The maximum atomic E-state index is 12.8. The second kappa shape index (κ2) is 7.23. The van der Waals surface area contributed by atoms with Crippen molar-refractivity contribution < 1.29 is 4.79 Å². The lowest BCUT2D eigenvalue weighted by Gasteiger charge is -2.35. The van der Waals surface area contributed by atoms with Crippen LogP contribution in [0.2, 0.25) is 0 Å². The first-order valence-electron chi connectivity index (χ1n) is 10.0. The van der Waals surface area contributed by atoms with Crippen molar-refractivity contribution in [3.05, 3.63) is 83.7 Å². The summed E-state index contributed by atoms with van der Waals surface area (Å²) in [5, 5.41) is 0. The van der Waals surface area contributed by atoms with Gasteiger partial charge in [-0.05, 0) is 41.5 Å². The van der Waals surface area contributed by atoms with Crippen LogP contribution in [-0.4, -0.2) is 31.9 Å². The molecule has 0 N–H and O–H groups in total. The fourth-order valence-electron chi connectivity index (χ4n) is 4.17. The highest BCUT2D eigenvalue weighted by Gasteiger charge is 2.33. The number of aromatic nitrogens is 3. The van der Waals surface area contributed by atoms with Crippen LogP contribution < -0.4 is 0 Å². The van der Waals surface area contributed by atoms with E-state index in [1.165, 1.54) is 24.0 Å². The van der Waals surface area contributed by atoms with Gasteiger partial charge in [-0.25, -0.2) is 4.98 Å². The zero-order chi connectivity index (χ0) is 18.9. The number of hydrogen-bond donors (Lipinski definition) is 0. The van der Waals surface area contributed by atoms with Gasteiger partial charge in [0.1, 0.15) is 5.82 Å². The first-order valence-corrected chi connectivity index (χ1v) is 10.0. The average molecular weight is 372 g/mol. The van der Waals surface area contributed by atoms with E-state index in [0.29, 0.717) is 25.4 Å². The fraction of sp³-hybridized carbons (Fsp3) is 0.348. The lowest BCUT2D eigenvalue weighted by molar-refractivity contribution is -0.132. The fourth-order valence-corrected chi connectivity index (χ4v) is 4.17. The van der Waals surface area contributed by atoms with Crippen molar-refractivity contribution in [3.63, 3.8) is 0 Å². The van der Waals surface area contributed by atoms with Crippen LogP contribution in [0.15, 0.2) is 61.2 Å². The van der Waals surface area contributed by atoms with E-state index in [1.807, 2.05) is 29.6 Å². The molecule has 5 heteroatoms. The van der Waals surface area contributed by atoms with E-state index < -0.39 is 0 Å². The van der Waals surface area contributed by atoms with E-state index in [0.717, 1.165) is 17.9 Å². The van der Waals surface area contributed by atoms with E-state index >= 15 is 0 Å². The van der Waals surface area contributed by atoms with Crippen LogP contribution in [0.25, 0.3) is 0 Å². The van der Waals surface area contributed by atoms with Crippen LogP contribution in [0.1, 0.15) is 47.7 Å². The number of carbonyl (C=O) groups excluding carboxylic acids is 1. The van der Waals surface area contributed by atoms with E-state index in [4.69, 9.17) is 4.98 Å². The summed E-state index contributed by atoms with van der Waals surface area (Å²) in [4.78, 5) is 23.8. The van der Waals surface area contributed by atoms with Gasteiger partial charge < -0.3 is 9.47 Å². The minimum atomic E-state index is 0.0970. The van der Waals surface area contributed by atoms with Gasteiger partial charge in [-0.15, -0.1) is 0 Å². The van der Waals surface area contributed by atoms with E-state index in [-0.39, 0.29) is 11.8 Å². The topological polar surface area (TPSA) is 51.0 Å². The maximum Gasteiger partial charge on any atom is 0.223 e. The molecule has 1 aromatic carbocycles. The summed E-state index contributed by atoms with van der Waals surface area (Å²) in [6.07, 6.45) is 10.7. The van der Waals surface area contributed by atoms with E-state index in [1.54, 1.807) is 6.20 Å². The molecular weight excluding hydrogens is 348 g/mol. The second-order valence-corrected chi connectivity index (χ2v) is 7.95. The van der Waals surface area contributed by atoms with Crippen molar-refractivity contribution in [3.8, 4) is 0 Å². The molecule has 0 spiro atoms. The Labute approximate surface area is 165 Å². The Balaban J connectivity index is 1.46. The highest BCUT2D eigenvalue weighted by atomic mass is 16.2. The predicted octanol–water partition coefficient (Wildman–Crippen LogP) is 3.60. The number of carbonyl (C=O) groups is 1. The number of benzene rings is 1. The molecule has 1 amide bonds. The quantitative estimate of drug-likeness (QED) is 0.688. The Morgan fingerprint density at radius 2 is 2.00 bits per heavy atom. The minimum Gasteiger partial charge on any atom is -0.337 e. The van der Waals surface area contributed by atoms with Crippen molar-refractivity contribution in [2.24, 2.45) is 5.92 Å². The molecular formula is C23H24N4O. The molecule has 1 fully saturated rings. The monoisotopic (exact) mass is 372 g/mol. The molecule has 28 heavy (non-hydrogen) atoms. The first-order chi connectivity index (χ1) is 13.8. The van der Waals surface area contributed by atoms with Crippen molar-refractivity contribution in [2.75, 3.05) is 6.54 Å². The lowest BCUT2D eigenvalue weighted by Crippen LogP contribution is -2.39. The minimum absolute atomic E-state index is 0.0970. The molecule has 1 saturated carbocycles. The SMILES string of the molecule is O=C(CC1CC1)N1Cc2ccccc2[C@H](c2nccn2Cc2cccnc2)C1. The van der Waals surface area contributed by atoms with Crippen molar-refractivity contribution in [1.82, 2.24) is 19.4 Å². The number of hydrogen-bond acceptors (Lipinski definition) is 3. The van der Waals surface area contributed by atoms with Crippen LogP contribution in [0, 0.1) is 5.92 Å². The lowest BCUT2D eigenvalue weighted by atomic mass is 9.88. The van der Waals surface area contributed by atoms with Crippen molar-refractivity contribution in [1.29, 1.82) is 0 Å². The predicted molar refractivity (Wildman–Crippen MR) is 107 cm³/mol. The molecule has 1 aliphatic heterocycles. The molecule has 2 aromatic heterocycles. The Bertz CT molecular complexity index is 977. The molecule has 3 aromatic rings. The van der Waals surface area contributed by atoms with Gasteiger partial charge in [-0.1, -0.05) is 30.3 Å². The number of imidazole rings is 1. The van der Waals surface area contributed by atoms with E-state index in [9.17, 15) is 4.79 Å². The number of amides is 1. The molecule has 2 aliphatic rings. The summed E-state index contributed by atoms with van der Waals surface area (Å²) in [5.41, 5.74) is 3.67. The summed E-state index contributed by atoms with van der Waals surface area (Å²) in [5.74, 6) is 2.00. The Morgan fingerprint density at radius 1 is 1.11 bits per heavy atom. The molecule has 1 aliphatic carbocycles. The highest BCUT2D eigenvalue weighted by molar-refractivity contribution is 5.77. The van der Waals surface area contributed by atoms with Gasteiger partial charge in [0, 0.05) is 44.3 Å². The number of rotatable bonds is 5. The Hall–Kier alpha value is -2.95. The summed E-state index contributed by atoms with van der Waals surface area (Å²) >= 11 is 0. The zero-order valence-corrected chi connectivity index (χ0v) is 15.9. The number of nitrogens with zero attached hydrogens (tertiary/aromatic N) is 4. The van der Waals surface area contributed by atoms with Crippen LogP contribution in [-0.2, 0) is 17.9 Å². The van der Waals surface area contributed by atoms with E-state index in [2.05, 4.69) is 39.9 Å². The van der Waals surface area contributed by atoms with Gasteiger partial charge in [0.15, 0.2) is 0 Å². The molecule has 0 unspecified atom stereocenters. The van der Waals surface area contributed by atoms with Gasteiger partial charge in [-0.3, -0.25) is 9.78 Å². The molecule has 0 saturated heterocycles. The number of pyridine rings is 1. The zero-order valence-electron chi connectivity index (χ0n) is 15.9. The molecule has 5 rings (SSSR count). The Kier molecular flexibility index (Phi) is 4.43. The van der Waals surface area contributed by atoms with Gasteiger partial charge in [0.2, 0.25) is 5.91 Å². The third-order valence-electron chi connectivity index (χ3n) is 5.84. The van der Waals surface area contributed by atoms with Crippen LogP contribution in [0.4, 0.5) is 0 Å². The number of fused-ring (bicyclic) bond motifs is 1. The molecule has 0 bridgehead atoms. The Morgan fingerprint density at radius 3 is 2.82 bits per heavy atom. The molecule has 3 heterocycles. The van der Waals surface area contributed by atoms with Crippen LogP contribution in [0.5, 0.6) is 0 Å². The van der Waals surface area contributed by atoms with Gasteiger partial charge in [-0.2, -0.15) is 0 Å². The normalized spacial score (nSPS) is 18.7. The van der Waals surface area contributed by atoms with Crippen molar-refractivity contribution in [2.45, 2.75) is 38.3 Å². The highest BCUT2D eigenvalue weighted by Crippen LogP contribution is 2.36. The first kappa shape index (κ1) is 17.2. The largest absolute Gasteiger partial charge is 0.337 e. The smallest absolute Gasteiger partial charge is 0.223 e. The van der Waals surface area contributed by atoms with Gasteiger partial charge in [0.25, 0.3) is 0 Å². The molecule has 1 atom stereocenters. The molecule has 5 nitrogen and oxygen atoms in total. The van der Waals surface area contributed by atoms with Gasteiger partial charge in [0.05, 0.1) is 12.5 Å². The van der Waals surface area contributed by atoms with Gasteiger partial charge >= 0.3 is 0 Å². The average Bonchev–Trinajstić information content (AvgIpc) is 3.43. The second-order valence-electron chi connectivity index (χ2n) is 7.95.